The molecular formula is C115H216N18O10. The average molecular weight is 2010 g/mol. The molecule has 22 N–H and O–H groups in total. The SMILES string of the molecule is CC(C)(C)NCCCC[C@@H](NC(C)(C)C)C(=O)O.CC(C)(C)Nc1ccc(C(C)(C)c2cccc(C(C)(C)c3ccc(NC(C)(C)C)cc3)c2)cc1.CC(C)NCCCCC(NC(=O)[C@@H](CCCCNC(C)(C)C)NC(=O)C(CCCCNC(C)(C)C)NC(=O)[C@@H](N)CCCCNC(C)C)C(=O)O.C[C@H](CCCCNC(C)(C)C)C(=O)NC(CCCCNC(C)(C)C)C(=O)N[C@@H](CCCCNC(C)(C)C)C(N)=O. The number of hydrogen-bond acceptors (Lipinski definition) is 20. The van der Waals surface area contributed by atoms with Gasteiger partial charge in [0, 0.05) is 90.1 Å². The van der Waals surface area contributed by atoms with Crippen LogP contribution in [0.25, 0.3) is 0 Å². The number of carboxylic acid groups (broad SMARTS) is 2. The Kier molecular flexibility index (Phi) is 62.7. The molecule has 28 nitrogen and oxygen atoms in total. The number of hydrogen-bond donors (Lipinski definition) is 20. The monoisotopic (exact) mass is 2010 g/mol. The molecule has 0 bridgehead atoms. The van der Waals surface area contributed by atoms with Crippen molar-refractivity contribution < 1.29 is 48.6 Å². The fourth-order valence-corrected chi connectivity index (χ4v) is 15.7. The largest absolute Gasteiger partial charge is 0.480 e. The first-order chi connectivity index (χ1) is 65.6. The smallest absolute Gasteiger partial charge is 0.326 e. The highest BCUT2D eigenvalue weighted by atomic mass is 16.4. The number of benzene rings is 3. The molecule has 3 unspecified atom stereocenters. The summed E-state index contributed by atoms with van der Waals surface area (Å²) in [5.41, 5.74) is 19.5. The lowest BCUT2D eigenvalue weighted by Crippen LogP contribution is -2.57. The highest BCUT2D eigenvalue weighted by Gasteiger charge is 2.35. The molecule has 0 radical (unpaired) electrons. The van der Waals surface area contributed by atoms with E-state index in [1.807, 2.05) is 27.7 Å². The molecule has 0 aliphatic carbocycles. The van der Waals surface area contributed by atoms with E-state index in [9.17, 15) is 43.5 Å². The quantitative estimate of drug-likeness (QED) is 0.0233. The molecule has 0 fully saturated rings. The number of amides is 6. The lowest BCUT2D eigenvalue weighted by atomic mass is 9.73. The zero-order valence-corrected chi connectivity index (χ0v) is 97.1. The number of carboxylic acids is 2. The van der Waals surface area contributed by atoms with Crippen molar-refractivity contribution in [3.05, 3.63) is 95.1 Å². The maximum absolute atomic E-state index is 13.8. The predicted octanol–water partition coefficient (Wildman–Crippen LogP) is 18.2. The lowest BCUT2D eigenvalue weighted by molar-refractivity contribution is -0.142. The van der Waals surface area contributed by atoms with Gasteiger partial charge in [0.2, 0.25) is 35.4 Å². The van der Waals surface area contributed by atoms with E-state index in [0.29, 0.717) is 69.9 Å². The molecule has 0 aliphatic rings. The van der Waals surface area contributed by atoms with Crippen LogP contribution in [0.15, 0.2) is 72.8 Å². The van der Waals surface area contributed by atoms with Crippen LogP contribution in [0.5, 0.6) is 0 Å². The second kappa shape index (κ2) is 66.1. The fraction of sp³-hybridized carbons (Fsp3) is 0.774. The van der Waals surface area contributed by atoms with E-state index < -0.39 is 77.9 Å². The van der Waals surface area contributed by atoms with Gasteiger partial charge in [-0.05, 0) is 421 Å². The molecule has 0 spiro atoms. The van der Waals surface area contributed by atoms with Crippen molar-refractivity contribution in [3.63, 3.8) is 0 Å². The standard InChI is InChI=1S/C38H78N8O5.C32H44N2.C31H64N6O3.C14H30N2O2/c1-27(2)40-23-15-11-19-29(39)33(47)44-30(20-13-17-25-42-37(5,6)7)34(48)45-31(21-14-18-26-43-38(8,9)10)35(49)46-32(36(50)51)22-12-16-24-41-28(3)4;1-29(2,3)33-27-18-14-23(15-19-27)31(7,8)25-12-11-13-26(22-25)32(9,10)24-16-20-28(21-17-24)34-30(4,5)6;1-23(17-11-14-20-33-29(2,3)4)27(39)37-25(19-13-16-22-35-31(8,9)10)28(40)36-24(26(32)38)18-12-15-21-34-30(5,6)7;1-13(2,3)15-10-8-7-9-11(12(17)18)16-14(4,5)6/h27-32,40-43H,11-26,39H2,1-10H3,(H,44,47)(H,45,48)(H,46,49)(H,50,51);11-22,33-34H,1-10H3;23-25,33-35H,11-22H2,1-10H3,(H2,32,38)(H,36,40)(H,37,39);11,15-16H,7-10H2,1-6H3,(H,17,18)/t29-,30?,31+,32?;;23-,24+,25?;11-/m0.11/s1. The Morgan fingerprint density at radius 1 is 0.273 bits per heavy atom. The van der Waals surface area contributed by atoms with E-state index in [4.69, 9.17) is 16.6 Å². The minimum atomic E-state index is -1.11. The van der Waals surface area contributed by atoms with Crippen molar-refractivity contribution in [2.45, 2.75) is 518 Å². The van der Waals surface area contributed by atoms with Crippen LogP contribution in [0.1, 0.15) is 426 Å². The molecular weight excluding hydrogens is 1790 g/mol. The van der Waals surface area contributed by atoms with E-state index in [-0.39, 0.29) is 84.8 Å². The van der Waals surface area contributed by atoms with Gasteiger partial charge in [0.15, 0.2) is 0 Å². The second-order valence-corrected chi connectivity index (χ2v) is 50.8. The Bertz CT molecular complexity index is 3950. The van der Waals surface area contributed by atoms with Crippen LogP contribution in [0.3, 0.4) is 0 Å². The van der Waals surface area contributed by atoms with E-state index in [1.165, 1.54) is 22.3 Å². The van der Waals surface area contributed by atoms with Gasteiger partial charge in [0.05, 0.1) is 6.04 Å². The summed E-state index contributed by atoms with van der Waals surface area (Å²) in [7, 11) is 0. The lowest BCUT2D eigenvalue weighted by Gasteiger charge is -2.31. The highest BCUT2D eigenvalue weighted by molar-refractivity contribution is 5.94. The number of unbranched alkanes of at least 4 members (excludes halogenated alkanes) is 8. The highest BCUT2D eigenvalue weighted by Crippen LogP contribution is 2.38. The summed E-state index contributed by atoms with van der Waals surface area (Å²) in [6.45, 7) is 83.2. The summed E-state index contributed by atoms with van der Waals surface area (Å²) in [6.07, 6.45) is 17.0. The van der Waals surface area contributed by atoms with Crippen molar-refractivity contribution in [1.82, 2.24) is 74.4 Å². The Balaban J connectivity index is 0.00000197. The third-order valence-corrected chi connectivity index (χ3v) is 24.0. The van der Waals surface area contributed by atoms with E-state index in [0.717, 1.165) is 154 Å². The molecule has 0 saturated heterocycles. The molecule has 6 amide bonds. The van der Waals surface area contributed by atoms with Crippen molar-refractivity contribution in [2.24, 2.45) is 17.4 Å². The van der Waals surface area contributed by atoms with E-state index in [1.54, 1.807) is 0 Å². The van der Waals surface area contributed by atoms with Crippen molar-refractivity contribution in [2.75, 3.05) is 63.0 Å². The van der Waals surface area contributed by atoms with Gasteiger partial charge >= 0.3 is 11.9 Å². The van der Waals surface area contributed by atoms with Gasteiger partial charge in [-0.25, -0.2) is 4.79 Å². The minimum Gasteiger partial charge on any atom is -0.480 e. The van der Waals surface area contributed by atoms with E-state index >= 15 is 0 Å². The first-order valence-corrected chi connectivity index (χ1v) is 54.3. The second-order valence-electron chi connectivity index (χ2n) is 50.8. The molecule has 3 aromatic carbocycles. The number of carbonyl (C=O) groups is 8. The van der Waals surface area contributed by atoms with Gasteiger partial charge in [-0.1, -0.05) is 130 Å². The molecule has 0 heterocycles. The molecule has 143 heavy (non-hydrogen) atoms. The van der Waals surface area contributed by atoms with Crippen molar-refractivity contribution in [3.8, 4) is 0 Å². The van der Waals surface area contributed by atoms with E-state index in [2.05, 4.69) is 379 Å². The van der Waals surface area contributed by atoms with Gasteiger partial charge in [0.25, 0.3) is 0 Å². The molecule has 826 valence electrons. The number of rotatable bonds is 62. The Morgan fingerprint density at radius 3 is 0.804 bits per heavy atom. The molecule has 3 rings (SSSR count). The van der Waals surface area contributed by atoms with Crippen molar-refractivity contribution in [1.29, 1.82) is 0 Å². The normalized spacial score (nSPS) is 14.3. The molecule has 8 atom stereocenters. The first kappa shape index (κ1) is 136. The molecule has 3 aromatic rings. The number of anilines is 2. The number of nitrogens with one attached hydrogen (secondary N) is 16. The molecule has 0 aliphatic heterocycles. The summed E-state index contributed by atoms with van der Waals surface area (Å²) < 4.78 is 0. The van der Waals surface area contributed by atoms with Crippen molar-refractivity contribution >= 4 is 58.8 Å². The van der Waals surface area contributed by atoms with Gasteiger partial charge in [0.1, 0.15) is 36.3 Å². The third-order valence-electron chi connectivity index (χ3n) is 24.0. The number of carbonyl (C=O) groups excluding carboxylic acids is 6. The van der Waals surface area contributed by atoms with Crippen LogP contribution in [0.4, 0.5) is 11.4 Å². The average Bonchev–Trinajstić information content (AvgIpc) is 0.774. The molecule has 28 heteroatoms. The summed E-state index contributed by atoms with van der Waals surface area (Å²) in [6, 6.07) is 22.1. The van der Waals surface area contributed by atoms with Gasteiger partial charge in [-0.15, -0.1) is 0 Å². The summed E-state index contributed by atoms with van der Waals surface area (Å²) in [5, 5.41) is 70.9. The first-order valence-electron chi connectivity index (χ1n) is 54.3. The Labute approximate surface area is 870 Å². The van der Waals surface area contributed by atoms with Crippen LogP contribution in [-0.4, -0.2) is 214 Å². The van der Waals surface area contributed by atoms with Crippen LogP contribution >= 0.6 is 0 Å². The van der Waals surface area contributed by atoms with Gasteiger partial charge < -0.3 is 101 Å². The molecule has 0 aromatic heterocycles. The number of primary amides is 1. The minimum absolute atomic E-state index is 0.0277. The fourth-order valence-electron chi connectivity index (χ4n) is 15.7. The van der Waals surface area contributed by atoms with Crippen LogP contribution in [-0.2, 0) is 49.2 Å². The summed E-state index contributed by atoms with van der Waals surface area (Å²) >= 11 is 0. The Morgan fingerprint density at radius 2 is 0.524 bits per heavy atom. The summed E-state index contributed by atoms with van der Waals surface area (Å²) in [4.78, 5) is 102. The predicted molar refractivity (Wildman–Crippen MR) is 602 cm³/mol. The van der Waals surface area contributed by atoms with Crippen LogP contribution in [0, 0.1) is 5.92 Å². The zero-order chi connectivity index (χ0) is 110. The number of aliphatic carboxylic acids is 2. The zero-order valence-electron chi connectivity index (χ0n) is 97.1. The number of nitrogens with two attached hydrogens (primary N) is 2. The van der Waals surface area contributed by atoms with Crippen LogP contribution in [0.2, 0.25) is 0 Å². The topological polar surface area (TPSA) is 422 Å². The third kappa shape index (κ3) is 70.2. The maximum Gasteiger partial charge on any atom is 0.326 e. The maximum atomic E-state index is 13.8. The van der Waals surface area contributed by atoms with Gasteiger partial charge in [-0.2, -0.15) is 0 Å². The van der Waals surface area contributed by atoms with Gasteiger partial charge in [-0.3, -0.25) is 38.9 Å². The summed E-state index contributed by atoms with van der Waals surface area (Å²) in [5.74, 6) is -4.48. The molecule has 0 saturated carbocycles. The van der Waals surface area contributed by atoms with Crippen LogP contribution < -0.4 is 96.5 Å². The Hall–Kier alpha value is -7.38.